The maximum atomic E-state index is 12.3. The van der Waals surface area contributed by atoms with E-state index in [4.69, 9.17) is 4.74 Å². The SMILES string of the molecule is CCC(C)NC(=O)c1cccc(S(=O)(=O)NCC2CCCO2)c1. The molecule has 1 fully saturated rings. The molecule has 128 valence electrons. The van der Waals surface area contributed by atoms with Crippen LogP contribution in [0.3, 0.4) is 0 Å². The van der Waals surface area contributed by atoms with E-state index in [1.54, 1.807) is 12.1 Å². The summed E-state index contributed by atoms with van der Waals surface area (Å²) in [5.41, 5.74) is 0.338. The van der Waals surface area contributed by atoms with Crippen LogP contribution in [0.1, 0.15) is 43.5 Å². The van der Waals surface area contributed by atoms with Crippen LogP contribution in [0.2, 0.25) is 0 Å². The molecule has 0 aliphatic carbocycles. The third-order valence-electron chi connectivity index (χ3n) is 3.92. The van der Waals surface area contributed by atoms with Gasteiger partial charge in [0.2, 0.25) is 10.0 Å². The minimum Gasteiger partial charge on any atom is -0.377 e. The Morgan fingerprint density at radius 3 is 2.87 bits per heavy atom. The summed E-state index contributed by atoms with van der Waals surface area (Å²) in [4.78, 5) is 12.2. The number of carbonyl (C=O) groups excluding carboxylic acids is 1. The first-order valence-electron chi connectivity index (χ1n) is 7.94. The molecule has 0 radical (unpaired) electrons. The lowest BCUT2D eigenvalue weighted by atomic mass is 10.2. The molecule has 0 aromatic heterocycles. The minimum atomic E-state index is -3.65. The number of sulfonamides is 1. The molecule has 1 aliphatic rings. The maximum Gasteiger partial charge on any atom is 0.251 e. The molecule has 1 aromatic carbocycles. The van der Waals surface area contributed by atoms with Gasteiger partial charge >= 0.3 is 0 Å². The van der Waals surface area contributed by atoms with Crippen LogP contribution in [0, 0.1) is 0 Å². The fraction of sp³-hybridized carbons (Fsp3) is 0.562. The van der Waals surface area contributed by atoms with Gasteiger partial charge in [-0.2, -0.15) is 0 Å². The van der Waals surface area contributed by atoms with E-state index in [1.807, 2.05) is 13.8 Å². The van der Waals surface area contributed by atoms with Gasteiger partial charge in [0.1, 0.15) is 0 Å². The van der Waals surface area contributed by atoms with Crippen LogP contribution in [0.25, 0.3) is 0 Å². The Labute approximate surface area is 137 Å². The van der Waals surface area contributed by atoms with E-state index in [1.165, 1.54) is 12.1 Å². The Bertz CT molecular complexity index is 639. The third-order valence-corrected chi connectivity index (χ3v) is 5.34. The zero-order valence-corrected chi connectivity index (χ0v) is 14.4. The average molecular weight is 340 g/mol. The number of benzene rings is 1. The number of hydrogen-bond donors (Lipinski definition) is 2. The fourth-order valence-electron chi connectivity index (χ4n) is 2.30. The Kier molecular flexibility index (Phi) is 6.15. The predicted octanol–water partition coefficient (Wildman–Crippen LogP) is 1.67. The lowest BCUT2D eigenvalue weighted by Crippen LogP contribution is -2.33. The summed E-state index contributed by atoms with van der Waals surface area (Å²) in [6.07, 6.45) is 2.56. The molecular weight excluding hydrogens is 316 g/mol. The third kappa shape index (κ3) is 5.02. The van der Waals surface area contributed by atoms with Gasteiger partial charge in [-0.3, -0.25) is 4.79 Å². The zero-order valence-electron chi connectivity index (χ0n) is 13.5. The summed E-state index contributed by atoms with van der Waals surface area (Å²) in [6.45, 7) is 4.81. The van der Waals surface area contributed by atoms with E-state index in [0.717, 1.165) is 19.3 Å². The maximum absolute atomic E-state index is 12.3. The van der Waals surface area contributed by atoms with Crippen molar-refractivity contribution in [3.05, 3.63) is 29.8 Å². The molecular formula is C16H24N2O4S. The summed E-state index contributed by atoms with van der Waals surface area (Å²) >= 11 is 0. The minimum absolute atomic E-state index is 0.0420. The van der Waals surface area contributed by atoms with Crippen molar-refractivity contribution < 1.29 is 17.9 Å². The second-order valence-electron chi connectivity index (χ2n) is 5.80. The summed E-state index contributed by atoms with van der Waals surface area (Å²) < 4.78 is 32.6. The first-order valence-corrected chi connectivity index (χ1v) is 9.43. The van der Waals surface area contributed by atoms with Crippen molar-refractivity contribution in [2.24, 2.45) is 0 Å². The number of ether oxygens (including phenoxy) is 1. The van der Waals surface area contributed by atoms with Crippen molar-refractivity contribution in [1.29, 1.82) is 0 Å². The van der Waals surface area contributed by atoms with Crippen molar-refractivity contribution in [1.82, 2.24) is 10.0 Å². The quantitative estimate of drug-likeness (QED) is 0.791. The monoisotopic (exact) mass is 340 g/mol. The largest absolute Gasteiger partial charge is 0.377 e. The van der Waals surface area contributed by atoms with E-state index in [0.29, 0.717) is 12.2 Å². The zero-order chi connectivity index (χ0) is 16.9. The topological polar surface area (TPSA) is 84.5 Å². The van der Waals surface area contributed by atoms with Crippen molar-refractivity contribution in [3.63, 3.8) is 0 Å². The van der Waals surface area contributed by atoms with Gasteiger partial charge in [-0.1, -0.05) is 13.0 Å². The number of carbonyl (C=O) groups is 1. The van der Waals surface area contributed by atoms with Gasteiger partial charge in [0, 0.05) is 24.8 Å². The van der Waals surface area contributed by atoms with Gasteiger partial charge in [0.15, 0.2) is 0 Å². The normalized spacial score (nSPS) is 19.5. The van der Waals surface area contributed by atoms with Crippen molar-refractivity contribution in [3.8, 4) is 0 Å². The highest BCUT2D eigenvalue weighted by Crippen LogP contribution is 2.14. The van der Waals surface area contributed by atoms with E-state index < -0.39 is 10.0 Å². The van der Waals surface area contributed by atoms with Gasteiger partial charge in [-0.15, -0.1) is 0 Å². The second kappa shape index (κ2) is 7.90. The van der Waals surface area contributed by atoms with Gasteiger partial charge in [0.25, 0.3) is 5.91 Å². The Balaban J connectivity index is 2.06. The number of rotatable bonds is 7. The number of nitrogens with one attached hydrogen (secondary N) is 2. The summed E-state index contributed by atoms with van der Waals surface area (Å²) in [7, 11) is -3.65. The first-order chi connectivity index (χ1) is 10.9. The summed E-state index contributed by atoms with van der Waals surface area (Å²) in [6, 6.07) is 6.11. The van der Waals surface area contributed by atoms with Gasteiger partial charge in [0.05, 0.1) is 11.0 Å². The predicted molar refractivity (Wildman–Crippen MR) is 87.8 cm³/mol. The molecule has 1 saturated heterocycles. The molecule has 2 rings (SSSR count). The molecule has 0 bridgehead atoms. The van der Waals surface area contributed by atoms with E-state index >= 15 is 0 Å². The van der Waals surface area contributed by atoms with Crippen LogP contribution >= 0.6 is 0 Å². The number of hydrogen-bond acceptors (Lipinski definition) is 4. The molecule has 6 nitrogen and oxygen atoms in total. The smallest absolute Gasteiger partial charge is 0.251 e. The molecule has 2 unspecified atom stereocenters. The van der Waals surface area contributed by atoms with Crippen LogP contribution in [0.5, 0.6) is 0 Å². The Morgan fingerprint density at radius 2 is 2.22 bits per heavy atom. The Morgan fingerprint density at radius 1 is 1.43 bits per heavy atom. The molecule has 1 aliphatic heterocycles. The van der Waals surface area contributed by atoms with Crippen LogP contribution in [-0.2, 0) is 14.8 Å². The van der Waals surface area contributed by atoms with Gasteiger partial charge in [-0.25, -0.2) is 13.1 Å². The van der Waals surface area contributed by atoms with Crippen LogP contribution < -0.4 is 10.0 Å². The van der Waals surface area contributed by atoms with Crippen molar-refractivity contribution in [2.75, 3.05) is 13.2 Å². The second-order valence-corrected chi connectivity index (χ2v) is 7.56. The highest BCUT2D eigenvalue weighted by atomic mass is 32.2. The molecule has 23 heavy (non-hydrogen) atoms. The van der Waals surface area contributed by atoms with Crippen LogP contribution in [0.4, 0.5) is 0 Å². The molecule has 0 saturated carbocycles. The molecule has 1 heterocycles. The molecule has 1 amide bonds. The molecule has 1 aromatic rings. The van der Waals surface area contributed by atoms with Gasteiger partial charge < -0.3 is 10.1 Å². The average Bonchev–Trinajstić information content (AvgIpc) is 3.06. The van der Waals surface area contributed by atoms with Crippen molar-refractivity contribution >= 4 is 15.9 Å². The Hall–Kier alpha value is -1.44. The highest BCUT2D eigenvalue weighted by molar-refractivity contribution is 7.89. The van der Waals surface area contributed by atoms with Crippen LogP contribution in [0.15, 0.2) is 29.2 Å². The first kappa shape index (κ1) is 17.9. The van der Waals surface area contributed by atoms with Crippen molar-refractivity contribution in [2.45, 2.75) is 50.2 Å². The lowest BCUT2D eigenvalue weighted by Gasteiger charge is -2.13. The molecule has 0 spiro atoms. The van der Waals surface area contributed by atoms with E-state index in [-0.39, 0.29) is 29.5 Å². The highest BCUT2D eigenvalue weighted by Gasteiger charge is 2.21. The lowest BCUT2D eigenvalue weighted by molar-refractivity contribution is 0.0939. The molecule has 2 atom stereocenters. The summed E-state index contributed by atoms with van der Waals surface area (Å²) in [5, 5.41) is 2.83. The number of amides is 1. The summed E-state index contributed by atoms with van der Waals surface area (Å²) in [5.74, 6) is -0.268. The van der Waals surface area contributed by atoms with Gasteiger partial charge in [-0.05, 0) is 44.4 Å². The molecule has 7 heteroatoms. The molecule has 2 N–H and O–H groups in total. The van der Waals surface area contributed by atoms with E-state index in [2.05, 4.69) is 10.0 Å². The van der Waals surface area contributed by atoms with E-state index in [9.17, 15) is 13.2 Å². The standard InChI is InChI=1S/C16H24N2O4S/c1-3-12(2)18-16(19)13-6-4-8-15(10-13)23(20,21)17-11-14-7-5-9-22-14/h4,6,8,10,12,14,17H,3,5,7,9,11H2,1-2H3,(H,18,19). The fourth-order valence-corrected chi connectivity index (χ4v) is 3.42. The van der Waals surface area contributed by atoms with Crippen LogP contribution in [-0.4, -0.2) is 39.6 Å².